The Hall–Kier alpha value is -2.58. The zero-order valence-corrected chi connectivity index (χ0v) is 14.7. The Balaban J connectivity index is 1.29. The average Bonchev–Trinajstić information content (AvgIpc) is 3.37. The number of aromatic nitrogens is 3. The van der Waals surface area contributed by atoms with Crippen LogP contribution in [0.1, 0.15) is 17.3 Å². The minimum Gasteiger partial charge on any atom is -0.458 e. The summed E-state index contributed by atoms with van der Waals surface area (Å²) in [5.74, 6) is 0.670. The van der Waals surface area contributed by atoms with Gasteiger partial charge in [0.2, 0.25) is 11.7 Å². The monoisotopic (exact) mass is 371 g/mol. The fourth-order valence-electron chi connectivity index (χ4n) is 2.27. The van der Waals surface area contributed by atoms with E-state index in [2.05, 4.69) is 15.1 Å². The van der Waals surface area contributed by atoms with Crippen LogP contribution in [0.2, 0.25) is 0 Å². The smallest absolute Gasteiger partial charge is 0.306 e. The summed E-state index contributed by atoms with van der Waals surface area (Å²) in [4.78, 5) is 21.6. The van der Waals surface area contributed by atoms with Gasteiger partial charge in [-0.2, -0.15) is 4.98 Å². The predicted molar refractivity (Wildman–Crippen MR) is 95.3 cm³/mol. The number of hydrogen-bond donors (Lipinski definition) is 0. The zero-order valence-electron chi connectivity index (χ0n) is 13.0. The van der Waals surface area contributed by atoms with Gasteiger partial charge in [0.1, 0.15) is 11.6 Å². The fourth-order valence-corrected chi connectivity index (χ4v) is 3.80. The molecule has 6 nitrogen and oxygen atoms in total. The third kappa shape index (κ3) is 3.75. The molecule has 25 heavy (non-hydrogen) atoms. The van der Waals surface area contributed by atoms with Crippen LogP contribution in [0.4, 0.5) is 0 Å². The van der Waals surface area contributed by atoms with Crippen LogP contribution < -0.4 is 0 Å². The molecule has 0 amide bonds. The molecule has 0 bridgehead atoms. The van der Waals surface area contributed by atoms with Gasteiger partial charge in [-0.25, -0.2) is 4.98 Å². The zero-order chi connectivity index (χ0) is 17.1. The number of carbonyl (C=O) groups excluding carboxylic acids is 1. The number of esters is 1. The minimum atomic E-state index is -0.310. The van der Waals surface area contributed by atoms with E-state index < -0.39 is 0 Å². The van der Waals surface area contributed by atoms with Gasteiger partial charge < -0.3 is 9.26 Å². The number of thiophene rings is 1. The van der Waals surface area contributed by atoms with Crippen LogP contribution in [0.3, 0.4) is 0 Å². The average molecular weight is 371 g/mol. The van der Waals surface area contributed by atoms with E-state index in [0.717, 1.165) is 20.1 Å². The van der Waals surface area contributed by atoms with Crippen molar-refractivity contribution in [2.45, 2.75) is 19.4 Å². The maximum atomic E-state index is 11.9. The number of carbonyl (C=O) groups is 1. The number of nitrogens with zero attached hydrogens (tertiary/aromatic N) is 3. The maximum Gasteiger partial charge on any atom is 0.306 e. The first-order valence-corrected chi connectivity index (χ1v) is 9.34. The summed E-state index contributed by atoms with van der Waals surface area (Å²) in [6.07, 6.45) is 0.550. The van der Waals surface area contributed by atoms with Crippen LogP contribution >= 0.6 is 22.7 Å². The molecule has 0 saturated carbocycles. The van der Waals surface area contributed by atoms with E-state index in [1.165, 1.54) is 22.7 Å². The quantitative estimate of drug-likeness (QED) is 0.475. The summed E-state index contributed by atoms with van der Waals surface area (Å²) in [5, 5.41) is 6.65. The lowest BCUT2D eigenvalue weighted by molar-refractivity contribution is -0.145. The molecular formula is C17H13N3O3S2. The van der Waals surface area contributed by atoms with Crippen molar-refractivity contribution >= 4 is 38.9 Å². The third-order valence-corrected chi connectivity index (χ3v) is 5.32. The lowest BCUT2D eigenvalue weighted by Crippen LogP contribution is -2.06. The van der Waals surface area contributed by atoms with Crippen LogP contribution in [-0.4, -0.2) is 21.1 Å². The van der Waals surface area contributed by atoms with Gasteiger partial charge >= 0.3 is 5.97 Å². The Kier molecular flexibility index (Phi) is 4.53. The molecule has 3 heterocycles. The van der Waals surface area contributed by atoms with Crippen molar-refractivity contribution in [1.29, 1.82) is 0 Å². The standard InChI is InChI=1S/C17H13N3O3S2/c21-16(22-10-15-18-11-4-1-2-5-12(11)25-15)8-7-14-19-17(20-23-14)13-6-3-9-24-13/h1-6,9H,7-8,10H2. The summed E-state index contributed by atoms with van der Waals surface area (Å²) in [6.45, 7) is 0.183. The second-order valence-corrected chi connectivity index (χ2v) is 7.29. The first-order valence-electron chi connectivity index (χ1n) is 7.64. The van der Waals surface area contributed by atoms with Crippen LogP contribution in [0.5, 0.6) is 0 Å². The first-order chi connectivity index (χ1) is 12.3. The Bertz CT molecular complexity index is 959. The summed E-state index contributed by atoms with van der Waals surface area (Å²) >= 11 is 3.07. The Morgan fingerprint density at radius 1 is 1.16 bits per heavy atom. The highest BCUT2D eigenvalue weighted by Crippen LogP contribution is 2.23. The summed E-state index contributed by atoms with van der Waals surface area (Å²) < 4.78 is 11.5. The van der Waals surface area contributed by atoms with E-state index in [1.807, 2.05) is 41.8 Å². The lowest BCUT2D eigenvalue weighted by atomic mass is 10.3. The molecular weight excluding hydrogens is 358 g/mol. The highest BCUT2D eigenvalue weighted by Gasteiger charge is 2.12. The minimum absolute atomic E-state index is 0.183. The third-order valence-electron chi connectivity index (χ3n) is 3.45. The van der Waals surface area contributed by atoms with Crippen molar-refractivity contribution in [3.05, 3.63) is 52.7 Å². The van der Waals surface area contributed by atoms with E-state index in [0.29, 0.717) is 18.1 Å². The van der Waals surface area contributed by atoms with E-state index in [-0.39, 0.29) is 19.0 Å². The first kappa shape index (κ1) is 15.9. The van der Waals surface area contributed by atoms with Crippen molar-refractivity contribution in [3.8, 4) is 10.7 Å². The summed E-state index contributed by atoms with van der Waals surface area (Å²) in [5.41, 5.74) is 0.922. The van der Waals surface area contributed by atoms with Gasteiger partial charge in [0.15, 0.2) is 0 Å². The van der Waals surface area contributed by atoms with Crippen LogP contribution in [0.15, 0.2) is 46.3 Å². The molecule has 0 aliphatic heterocycles. The molecule has 0 unspecified atom stereocenters. The Morgan fingerprint density at radius 3 is 2.92 bits per heavy atom. The van der Waals surface area contributed by atoms with Gasteiger partial charge in [0.25, 0.3) is 0 Å². The van der Waals surface area contributed by atoms with Gasteiger partial charge in [0, 0.05) is 6.42 Å². The number of rotatable bonds is 6. The number of hydrogen-bond acceptors (Lipinski definition) is 8. The van der Waals surface area contributed by atoms with Crippen LogP contribution in [0, 0.1) is 0 Å². The molecule has 1 aromatic carbocycles. The number of ether oxygens (including phenoxy) is 1. The molecule has 0 spiro atoms. The largest absolute Gasteiger partial charge is 0.458 e. The van der Waals surface area contributed by atoms with E-state index in [4.69, 9.17) is 9.26 Å². The van der Waals surface area contributed by atoms with Gasteiger partial charge in [0.05, 0.1) is 21.5 Å². The van der Waals surface area contributed by atoms with Crippen LogP contribution in [0.25, 0.3) is 20.9 Å². The topological polar surface area (TPSA) is 78.1 Å². The van der Waals surface area contributed by atoms with Gasteiger partial charge in [-0.1, -0.05) is 23.4 Å². The maximum absolute atomic E-state index is 11.9. The lowest BCUT2D eigenvalue weighted by Gasteiger charge is -2.00. The van der Waals surface area contributed by atoms with Gasteiger partial charge in [-0.05, 0) is 23.6 Å². The molecule has 0 aliphatic carbocycles. The van der Waals surface area contributed by atoms with Gasteiger partial charge in [-0.3, -0.25) is 4.79 Å². The highest BCUT2D eigenvalue weighted by atomic mass is 32.1. The van der Waals surface area contributed by atoms with Crippen molar-refractivity contribution in [2.24, 2.45) is 0 Å². The number of thiazole rings is 1. The molecule has 0 aliphatic rings. The number of benzene rings is 1. The second kappa shape index (κ2) is 7.12. The van der Waals surface area contributed by atoms with Crippen molar-refractivity contribution < 1.29 is 14.1 Å². The van der Waals surface area contributed by atoms with Crippen molar-refractivity contribution in [1.82, 2.24) is 15.1 Å². The normalized spacial score (nSPS) is 11.0. The number of fused-ring (bicyclic) bond motifs is 1. The predicted octanol–water partition coefficient (Wildman–Crippen LogP) is 4.08. The molecule has 4 rings (SSSR count). The molecule has 0 atom stereocenters. The highest BCUT2D eigenvalue weighted by molar-refractivity contribution is 7.18. The Labute approximate surface area is 151 Å². The molecule has 0 saturated heterocycles. The number of para-hydroxylation sites is 1. The second-order valence-electron chi connectivity index (χ2n) is 5.23. The summed E-state index contributed by atoms with van der Waals surface area (Å²) in [6, 6.07) is 11.7. The molecule has 126 valence electrons. The van der Waals surface area contributed by atoms with Gasteiger partial charge in [-0.15, -0.1) is 22.7 Å². The molecule has 4 aromatic rings. The Morgan fingerprint density at radius 2 is 2.08 bits per heavy atom. The van der Waals surface area contributed by atoms with E-state index >= 15 is 0 Å². The van der Waals surface area contributed by atoms with Crippen LogP contribution in [-0.2, 0) is 22.6 Å². The molecule has 8 heteroatoms. The number of aryl methyl sites for hydroxylation is 1. The molecule has 0 fully saturated rings. The molecule has 0 N–H and O–H groups in total. The SMILES string of the molecule is O=C(CCc1nc(-c2cccs2)no1)OCc1nc2ccccc2s1. The van der Waals surface area contributed by atoms with E-state index in [9.17, 15) is 4.79 Å². The molecule has 0 radical (unpaired) electrons. The fraction of sp³-hybridized carbons (Fsp3) is 0.176. The van der Waals surface area contributed by atoms with Crippen molar-refractivity contribution in [2.75, 3.05) is 0 Å². The summed E-state index contributed by atoms with van der Waals surface area (Å²) in [7, 11) is 0. The van der Waals surface area contributed by atoms with Crippen molar-refractivity contribution in [3.63, 3.8) is 0 Å². The molecule has 3 aromatic heterocycles. The van der Waals surface area contributed by atoms with E-state index in [1.54, 1.807) is 0 Å².